The van der Waals surface area contributed by atoms with Crippen molar-refractivity contribution in [1.29, 1.82) is 0 Å². The van der Waals surface area contributed by atoms with E-state index >= 15 is 0 Å². The number of carbonyl (C=O) groups is 1. The van der Waals surface area contributed by atoms with Gasteiger partial charge < -0.3 is 15.4 Å². The summed E-state index contributed by atoms with van der Waals surface area (Å²) >= 11 is 0. The van der Waals surface area contributed by atoms with E-state index in [1.165, 1.54) is 12.1 Å². The molecule has 2 rings (SSSR count). The third kappa shape index (κ3) is 4.52. The molecule has 0 bridgehead atoms. The summed E-state index contributed by atoms with van der Waals surface area (Å²) < 4.78 is 18.0. The SMILES string of the molecule is COCC(N)C(=O)N(CCc1ccc(F)cc1)C1CCCC1. The van der Waals surface area contributed by atoms with Gasteiger partial charge in [-0.1, -0.05) is 25.0 Å². The summed E-state index contributed by atoms with van der Waals surface area (Å²) in [6.07, 6.45) is 5.10. The van der Waals surface area contributed by atoms with Crippen LogP contribution in [0.25, 0.3) is 0 Å². The van der Waals surface area contributed by atoms with Gasteiger partial charge in [-0.15, -0.1) is 0 Å². The van der Waals surface area contributed by atoms with E-state index in [1.54, 1.807) is 19.2 Å². The number of nitrogens with two attached hydrogens (primary N) is 1. The summed E-state index contributed by atoms with van der Waals surface area (Å²) in [4.78, 5) is 14.5. The molecule has 1 aliphatic carbocycles. The second kappa shape index (κ2) is 8.25. The van der Waals surface area contributed by atoms with Crippen LogP contribution in [0.15, 0.2) is 24.3 Å². The number of amides is 1. The smallest absolute Gasteiger partial charge is 0.242 e. The molecule has 1 saturated carbocycles. The highest BCUT2D eigenvalue weighted by Crippen LogP contribution is 2.24. The number of ether oxygens (including phenoxy) is 1. The molecule has 1 atom stereocenters. The first-order valence-corrected chi connectivity index (χ1v) is 7.91. The molecule has 1 fully saturated rings. The van der Waals surface area contributed by atoms with Gasteiger partial charge in [0.25, 0.3) is 0 Å². The maximum atomic E-state index is 13.0. The van der Waals surface area contributed by atoms with Crippen LogP contribution in [0.2, 0.25) is 0 Å². The number of carbonyl (C=O) groups excluding carboxylic acids is 1. The van der Waals surface area contributed by atoms with Crippen LogP contribution >= 0.6 is 0 Å². The maximum Gasteiger partial charge on any atom is 0.242 e. The molecule has 1 aromatic carbocycles. The van der Waals surface area contributed by atoms with Crippen molar-refractivity contribution in [2.24, 2.45) is 5.73 Å². The lowest BCUT2D eigenvalue weighted by molar-refractivity contribution is -0.136. The molecule has 1 aliphatic rings. The van der Waals surface area contributed by atoms with E-state index in [-0.39, 0.29) is 24.4 Å². The Kier molecular flexibility index (Phi) is 6.34. The van der Waals surface area contributed by atoms with Crippen molar-refractivity contribution in [2.75, 3.05) is 20.3 Å². The second-order valence-corrected chi connectivity index (χ2v) is 5.91. The van der Waals surface area contributed by atoms with Crippen LogP contribution in [-0.2, 0) is 16.0 Å². The van der Waals surface area contributed by atoms with Crippen molar-refractivity contribution < 1.29 is 13.9 Å². The zero-order valence-electron chi connectivity index (χ0n) is 13.1. The molecule has 4 nitrogen and oxygen atoms in total. The Labute approximate surface area is 131 Å². The number of hydrogen-bond donors (Lipinski definition) is 1. The zero-order valence-corrected chi connectivity index (χ0v) is 13.1. The van der Waals surface area contributed by atoms with Gasteiger partial charge in [-0.3, -0.25) is 4.79 Å². The van der Waals surface area contributed by atoms with Crippen molar-refractivity contribution in [3.05, 3.63) is 35.6 Å². The Morgan fingerprint density at radius 3 is 2.59 bits per heavy atom. The highest BCUT2D eigenvalue weighted by Gasteiger charge is 2.29. The van der Waals surface area contributed by atoms with Crippen molar-refractivity contribution in [2.45, 2.75) is 44.2 Å². The van der Waals surface area contributed by atoms with E-state index in [4.69, 9.17) is 10.5 Å². The van der Waals surface area contributed by atoms with Crippen LogP contribution in [0, 0.1) is 5.82 Å². The van der Waals surface area contributed by atoms with Crippen molar-refractivity contribution in [1.82, 2.24) is 4.90 Å². The molecule has 2 N–H and O–H groups in total. The summed E-state index contributed by atoms with van der Waals surface area (Å²) in [7, 11) is 1.55. The second-order valence-electron chi connectivity index (χ2n) is 5.91. The lowest BCUT2D eigenvalue weighted by atomic mass is 10.1. The zero-order chi connectivity index (χ0) is 15.9. The van der Waals surface area contributed by atoms with Gasteiger partial charge in [0, 0.05) is 19.7 Å². The highest BCUT2D eigenvalue weighted by molar-refractivity contribution is 5.82. The third-order valence-electron chi connectivity index (χ3n) is 4.27. The molecule has 0 saturated heterocycles. The number of rotatable bonds is 7. The van der Waals surface area contributed by atoms with Crippen LogP contribution in [0.1, 0.15) is 31.2 Å². The summed E-state index contributed by atoms with van der Waals surface area (Å²) in [6, 6.07) is 6.10. The summed E-state index contributed by atoms with van der Waals surface area (Å²) in [5.41, 5.74) is 6.94. The molecular weight excluding hydrogens is 283 g/mol. The first kappa shape index (κ1) is 16.9. The summed E-state index contributed by atoms with van der Waals surface area (Å²) in [5, 5.41) is 0. The Bertz CT molecular complexity index is 472. The van der Waals surface area contributed by atoms with Crippen molar-refractivity contribution >= 4 is 5.91 Å². The maximum absolute atomic E-state index is 13.0. The quantitative estimate of drug-likeness (QED) is 0.839. The van der Waals surface area contributed by atoms with E-state index in [1.807, 2.05) is 4.90 Å². The molecule has 1 amide bonds. The fourth-order valence-electron chi connectivity index (χ4n) is 3.05. The molecule has 22 heavy (non-hydrogen) atoms. The first-order chi connectivity index (χ1) is 10.6. The fourth-order valence-corrected chi connectivity index (χ4v) is 3.05. The van der Waals surface area contributed by atoms with E-state index < -0.39 is 6.04 Å². The van der Waals surface area contributed by atoms with E-state index in [2.05, 4.69) is 0 Å². The van der Waals surface area contributed by atoms with Gasteiger partial charge in [0.1, 0.15) is 11.9 Å². The van der Waals surface area contributed by atoms with Crippen molar-refractivity contribution in [3.63, 3.8) is 0 Å². The van der Waals surface area contributed by atoms with E-state index in [0.717, 1.165) is 31.2 Å². The Morgan fingerprint density at radius 1 is 1.36 bits per heavy atom. The minimum Gasteiger partial charge on any atom is -0.383 e. The molecule has 0 heterocycles. The molecule has 1 unspecified atom stereocenters. The predicted molar refractivity (Wildman–Crippen MR) is 83.9 cm³/mol. The topological polar surface area (TPSA) is 55.6 Å². The van der Waals surface area contributed by atoms with Crippen LogP contribution in [0.5, 0.6) is 0 Å². The Balaban J connectivity index is 2.00. The minimum absolute atomic E-state index is 0.0455. The minimum atomic E-state index is -0.612. The number of nitrogens with zero attached hydrogens (tertiary/aromatic N) is 1. The molecule has 0 radical (unpaired) electrons. The average molecular weight is 308 g/mol. The third-order valence-corrected chi connectivity index (χ3v) is 4.27. The molecule has 0 aromatic heterocycles. The van der Waals surface area contributed by atoms with Gasteiger partial charge >= 0.3 is 0 Å². The largest absolute Gasteiger partial charge is 0.383 e. The lowest BCUT2D eigenvalue weighted by Gasteiger charge is -2.31. The van der Waals surface area contributed by atoms with Gasteiger partial charge in [-0.05, 0) is 37.0 Å². The number of halogens is 1. The molecule has 5 heteroatoms. The Hall–Kier alpha value is -1.46. The molecular formula is C17H25FN2O2. The lowest BCUT2D eigenvalue weighted by Crippen LogP contribution is -2.50. The standard InChI is InChI=1S/C17H25FN2O2/c1-22-12-16(19)17(21)20(15-4-2-3-5-15)11-10-13-6-8-14(18)9-7-13/h6-9,15-16H,2-5,10-12,19H2,1H3. The number of methoxy groups -OCH3 is 1. The fraction of sp³-hybridized carbons (Fsp3) is 0.588. The van der Waals surface area contributed by atoms with Gasteiger partial charge in [-0.25, -0.2) is 4.39 Å². The number of benzene rings is 1. The van der Waals surface area contributed by atoms with Gasteiger partial charge in [-0.2, -0.15) is 0 Å². The van der Waals surface area contributed by atoms with Gasteiger partial charge in [0.05, 0.1) is 6.61 Å². The van der Waals surface area contributed by atoms with E-state index in [0.29, 0.717) is 13.0 Å². The molecule has 1 aromatic rings. The Morgan fingerprint density at radius 2 is 2.00 bits per heavy atom. The monoisotopic (exact) mass is 308 g/mol. The summed E-state index contributed by atoms with van der Waals surface area (Å²) in [5.74, 6) is -0.287. The van der Waals surface area contributed by atoms with Crippen LogP contribution in [0.3, 0.4) is 0 Å². The van der Waals surface area contributed by atoms with Crippen LogP contribution in [0.4, 0.5) is 4.39 Å². The highest BCUT2D eigenvalue weighted by atomic mass is 19.1. The van der Waals surface area contributed by atoms with Gasteiger partial charge in [0.2, 0.25) is 5.91 Å². The predicted octanol–water partition coefficient (Wildman–Crippen LogP) is 2.11. The van der Waals surface area contributed by atoms with Gasteiger partial charge in [0.15, 0.2) is 0 Å². The van der Waals surface area contributed by atoms with E-state index in [9.17, 15) is 9.18 Å². The van der Waals surface area contributed by atoms with Crippen LogP contribution < -0.4 is 5.73 Å². The average Bonchev–Trinajstić information content (AvgIpc) is 3.03. The molecule has 0 spiro atoms. The van der Waals surface area contributed by atoms with Crippen molar-refractivity contribution in [3.8, 4) is 0 Å². The summed E-state index contributed by atoms with van der Waals surface area (Å²) in [6.45, 7) is 0.852. The first-order valence-electron chi connectivity index (χ1n) is 7.91. The van der Waals surface area contributed by atoms with Crippen LogP contribution in [-0.4, -0.2) is 43.2 Å². The molecule has 0 aliphatic heterocycles. The number of hydrogen-bond acceptors (Lipinski definition) is 3. The normalized spacial score (nSPS) is 16.7. The molecule has 122 valence electrons.